The molecule has 2 atom stereocenters. The van der Waals surface area contributed by atoms with E-state index >= 15 is 0 Å². The number of carbonyl (C=O) groups is 3. The second-order valence-corrected chi connectivity index (χ2v) is 7.14. The van der Waals surface area contributed by atoms with Gasteiger partial charge in [-0.25, -0.2) is 0 Å². The van der Waals surface area contributed by atoms with Gasteiger partial charge in [-0.1, -0.05) is 30.3 Å². The van der Waals surface area contributed by atoms with Gasteiger partial charge in [0.25, 0.3) is 5.91 Å². The third kappa shape index (κ3) is 5.37. The first-order valence-corrected chi connectivity index (χ1v) is 10.0. The number of hydrogen-bond acceptors (Lipinski definition) is 5. The smallest absolute Gasteiger partial charge is 0.311 e. The van der Waals surface area contributed by atoms with Crippen LogP contribution < -0.4 is 15.0 Å². The topological polar surface area (TPSA) is 84.9 Å². The summed E-state index contributed by atoms with van der Waals surface area (Å²) in [5, 5.41) is 2.80. The molecule has 1 N–H and O–H groups in total. The third-order valence-electron chi connectivity index (χ3n) is 4.94. The highest BCUT2D eigenvalue weighted by atomic mass is 16.5. The second-order valence-electron chi connectivity index (χ2n) is 7.14. The number of rotatable bonds is 8. The Hall–Kier alpha value is -3.35. The number of amides is 2. The molecule has 1 saturated heterocycles. The zero-order valence-corrected chi connectivity index (χ0v) is 17.2. The molecule has 7 heteroatoms. The zero-order valence-electron chi connectivity index (χ0n) is 17.2. The summed E-state index contributed by atoms with van der Waals surface area (Å²) < 4.78 is 10.6. The lowest BCUT2D eigenvalue weighted by molar-refractivity contribution is -0.152. The minimum Gasteiger partial charge on any atom is -0.494 e. The summed E-state index contributed by atoms with van der Waals surface area (Å²) in [6.07, 6.45) is 0.0636. The summed E-state index contributed by atoms with van der Waals surface area (Å²) in [5.74, 6) is -0.946. The van der Waals surface area contributed by atoms with Gasteiger partial charge in [0, 0.05) is 18.7 Å². The number of benzene rings is 2. The summed E-state index contributed by atoms with van der Waals surface area (Å²) in [6.45, 7) is 4.18. The number of nitrogens with one attached hydrogen (secondary N) is 1. The molecule has 3 rings (SSSR count). The Kier molecular flexibility index (Phi) is 7.06. The van der Waals surface area contributed by atoms with Gasteiger partial charge >= 0.3 is 5.97 Å². The van der Waals surface area contributed by atoms with Crippen LogP contribution in [0.3, 0.4) is 0 Å². The van der Waals surface area contributed by atoms with Crippen molar-refractivity contribution in [3.8, 4) is 5.75 Å². The first-order valence-electron chi connectivity index (χ1n) is 10.0. The molecule has 0 spiro atoms. The molecular weight excluding hydrogens is 384 g/mol. The normalized spacial score (nSPS) is 16.8. The number of carbonyl (C=O) groups excluding carboxylic acids is 3. The van der Waals surface area contributed by atoms with Crippen LogP contribution in [-0.4, -0.2) is 37.5 Å². The number of nitrogens with zero attached hydrogens (tertiary/aromatic N) is 1. The lowest BCUT2D eigenvalue weighted by Crippen LogP contribution is -2.32. The molecule has 0 aromatic heterocycles. The fourth-order valence-corrected chi connectivity index (χ4v) is 3.37. The Morgan fingerprint density at radius 1 is 1.13 bits per heavy atom. The Morgan fingerprint density at radius 2 is 1.83 bits per heavy atom. The van der Waals surface area contributed by atoms with Gasteiger partial charge < -0.3 is 19.7 Å². The van der Waals surface area contributed by atoms with E-state index in [1.54, 1.807) is 29.2 Å². The Labute approximate surface area is 176 Å². The Bertz CT molecular complexity index is 882. The quantitative estimate of drug-likeness (QED) is 0.677. The van der Waals surface area contributed by atoms with Crippen LogP contribution in [0.4, 0.5) is 5.69 Å². The van der Waals surface area contributed by atoms with Crippen LogP contribution in [0.15, 0.2) is 54.6 Å². The molecule has 1 aliphatic heterocycles. The summed E-state index contributed by atoms with van der Waals surface area (Å²) in [7, 11) is 0. The Morgan fingerprint density at radius 3 is 2.50 bits per heavy atom. The van der Waals surface area contributed by atoms with E-state index in [2.05, 4.69) is 5.32 Å². The van der Waals surface area contributed by atoms with Crippen molar-refractivity contribution in [2.75, 3.05) is 24.7 Å². The average Bonchev–Trinajstić information content (AvgIpc) is 3.15. The third-order valence-corrected chi connectivity index (χ3v) is 4.94. The van der Waals surface area contributed by atoms with Crippen molar-refractivity contribution in [1.82, 2.24) is 5.32 Å². The maximum absolute atomic E-state index is 12.4. The lowest BCUT2D eigenvalue weighted by atomic mass is 10.1. The number of esters is 1. The van der Waals surface area contributed by atoms with Crippen molar-refractivity contribution < 1.29 is 23.9 Å². The molecule has 1 aliphatic rings. The Balaban J connectivity index is 1.49. The van der Waals surface area contributed by atoms with Gasteiger partial charge in [0.15, 0.2) is 6.61 Å². The molecule has 0 unspecified atom stereocenters. The lowest BCUT2D eigenvalue weighted by Gasteiger charge is -2.17. The van der Waals surface area contributed by atoms with Crippen LogP contribution in [0, 0.1) is 5.92 Å². The molecule has 2 amide bonds. The molecule has 0 radical (unpaired) electrons. The zero-order chi connectivity index (χ0) is 21.5. The fraction of sp³-hybridized carbons (Fsp3) is 0.348. The summed E-state index contributed by atoms with van der Waals surface area (Å²) >= 11 is 0. The van der Waals surface area contributed by atoms with Crippen molar-refractivity contribution in [1.29, 1.82) is 0 Å². The van der Waals surface area contributed by atoms with Crippen LogP contribution in [0.25, 0.3) is 0 Å². The van der Waals surface area contributed by atoms with Crippen molar-refractivity contribution in [2.45, 2.75) is 26.3 Å². The first kappa shape index (κ1) is 21.4. The van der Waals surface area contributed by atoms with E-state index in [1.807, 2.05) is 44.2 Å². The highest BCUT2D eigenvalue weighted by Crippen LogP contribution is 2.27. The highest BCUT2D eigenvalue weighted by Gasteiger charge is 2.36. The van der Waals surface area contributed by atoms with Crippen LogP contribution >= 0.6 is 0 Å². The van der Waals surface area contributed by atoms with E-state index in [4.69, 9.17) is 9.47 Å². The number of hydrogen-bond donors (Lipinski definition) is 1. The average molecular weight is 410 g/mol. The molecule has 2 aromatic rings. The predicted octanol–water partition coefficient (Wildman–Crippen LogP) is 2.86. The van der Waals surface area contributed by atoms with Gasteiger partial charge in [-0.3, -0.25) is 14.4 Å². The van der Waals surface area contributed by atoms with Crippen LogP contribution in [-0.2, 0) is 19.1 Å². The predicted molar refractivity (Wildman–Crippen MR) is 112 cm³/mol. The van der Waals surface area contributed by atoms with Crippen LogP contribution in [0.5, 0.6) is 5.75 Å². The van der Waals surface area contributed by atoms with E-state index in [0.717, 1.165) is 11.3 Å². The van der Waals surface area contributed by atoms with Crippen molar-refractivity contribution in [3.05, 3.63) is 60.2 Å². The number of ether oxygens (including phenoxy) is 2. The molecule has 158 valence electrons. The van der Waals surface area contributed by atoms with Crippen molar-refractivity contribution in [2.24, 2.45) is 5.92 Å². The van der Waals surface area contributed by atoms with E-state index in [0.29, 0.717) is 12.3 Å². The van der Waals surface area contributed by atoms with Crippen molar-refractivity contribution >= 4 is 23.5 Å². The van der Waals surface area contributed by atoms with Crippen molar-refractivity contribution in [3.63, 3.8) is 0 Å². The standard InChI is InChI=1S/C23H26N2O5/c1-3-29-20-11-9-19(10-12-20)25-14-18(13-22(25)27)23(28)30-15-21(26)24-16(2)17-7-5-4-6-8-17/h4-12,16,18H,3,13-15H2,1-2H3,(H,24,26)/t16-,18-/m1/s1. The summed E-state index contributed by atoms with van der Waals surface area (Å²) in [4.78, 5) is 38.4. The van der Waals surface area contributed by atoms with Crippen LogP contribution in [0.1, 0.15) is 31.9 Å². The van der Waals surface area contributed by atoms with Gasteiger partial charge in [-0.05, 0) is 43.7 Å². The largest absolute Gasteiger partial charge is 0.494 e. The molecule has 0 saturated carbocycles. The van der Waals surface area contributed by atoms with Gasteiger partial charge in [0.1, 0.15) is 5.75 Å². The van der Waals surface area contributed by atoms with E-state index in [1.165, 1.54) is 0 Å². The molecule has 2 aromatic carbocycles. The molecule has 30 heavy (non-hydrogen) atoms. The first-order chi connectivity index (χ1) is 14.5. The molecule has 0 bridgehead atoms. The van der Waals surface area contributed by atoms with Gasteiger partial charge in [-0.15, -0.1) is 0 Å². The van der Waals surface area contributed by atoms with E-state index < -0.39 is 11.9 Å². The highest BCUT2D eigenvalue weighted by molar-refractivity contribution is 5.99. The van der Waals surface area contributed by atoms with Gasteiger partial charge in [0.05, 0.1) is 18.6 Å². The van der Waals surface area contributed by atoms with Crippen LogP contribution in [0.2, 0.25) is 0 Å². The summed E-state index contributed by atoms with van der Waals surface area (Å²) in [5.41, 5.74) is 1.66. The summed E-state index contributed by atoms with van der Waals surface area (Å²) in [6, 6.07) is 16.5. The fourth-order valence-electron chi connectivity index (χ4n) is 3.37. The minimum absolute atomic E-state index is 0.0636. The number of anilines is 1. The molecular formula is C23H26N2O5. The second kappa shape index (κ2) is 9.91. The van der Waals surface area contributed by atoms with E-state index in [9.17, 15) is 14.4 Å². The monoisotopic (exact) mass is 410 g/mol. The molecule has 1 heterocycles. The SMILES string of the molecule is CCOc1ccc(N2C[C@H](C(=O)OCC(=O)N[C@H](C)c3ccccc3)CC2=O)cc1. The van der Waals surface area contributed by atoms with E-state index in [-0.39, 0.29) is 37.4 Å². The molecule has 7 nitrogen and oxygen atoms in total. The molecule has 1 fully saturated rings. The minimum atomic E-state index is -0.594. The maximum atomic E-state index is 12.4. The van der Waals surface area contributed by atoms with Gasteiger partial charge in [0.2, 0.25) is 5.91 Å². The molecule has 0 aliphatic carbocycles. The maximum Gasteiger partial charge on any atom is 0.311 e. The van der Waals surface area contributed by atoms with Gasteiger partial charge in [-0.2, -0.15) is 0 Å².